The van der Waals surface area contributed by atoms with Crippen molar-refractivity contribution in [1.82, 2.24) is 0 Å². The van der Waals surface area contributed by atoms with E-state index in [2.05, 4.69) is 13.8 Å². The Kier molecular flexibility index (Phi) is 27.8. The number of quaternary nitrogens is 1. The zero-order chi connectivity index (χ0) is 40.1. The zero-order valence-corrected chi connectivity index (χ0v) is 35.2. The smallest absolute Gasteiger partial charge is 0.462 e. The second kappa shape index (κ2) is 30.1. The fourth-order valence-corrected chi connectivity index (χ4v) is 6.74. The third-order valence-corrected chi connectivity index (χ3v) is 10.4. The van der Waals surface area contributed by atoms with E-state index in [4.69, 9.17) is 18.5 Å². The van der Waals surface area contributed by atoms with Crippen molar-refractivity contribution in [3.63, 3.8) is 0 Å². The van der Waals surface area contributed by atoms with Gasteiger partial charge in [-0.05, 0) is 44.1 Å². The largest absolute Gasteiger partial charge is 0.472 e. The SMILES string of the molecule is CCCCCCCCCCCCCC(=O)OC[C@H](COP(=O)(O)OCC[N+](C)(C)C)OC(=O)CCC/C=C\C[C@H]1C=CC(=O)[C@@H]1/C=C/[C@@H](O)CCCCC. The molecule has 0 aromatic rings. The molecule has 11 nitrogen and oxygen atoms in total. The first-order valence-corrected chi connectivity index (χ1v) is 22.3. The van der Waals surface area contributed by atoms with Crippen LogP contribution in [0.2, 0.25) is 0 Å². The summed E-state index contributed by atoms with van der Waals surface area (Å²) < 4.78 is 34.2. The summed E-state index contributed by atoms with van der Waals surface area (Å²) in [6, 6.07) is 0. The number of carbonyl (C=O) groups is 3. The van der Waals surface area contributed by atoms with Crippen molar-refractivity contribution in [1.29, 1.82) is 0 Å². The van der Waals surface area contributed by atoms with Crippen LogP contribution in [0.4, 0.5) is 0 Å². The summed E-state index contributed by atoms with van der Waals surface area (Å²) in [5.74, 6) is -1.17. The molecule has 2 N–H and O–H groups in total. The van der Waals surface area contributed by atoms with Gasteiger partial charge in [-0.1, -0.05) is 128 Å². The summed E-state index contributed by atoms with van der Waals surface area (Å²) in [7, 11) is 1.35. The number of aliphatic hydroxyl groups is 1. The quantitative estimate of drug-likeness (QED) is 0.0213. The highest BCUT2D eigenvalue weighted by Crippen LogP contribution is 2.43. The highest BCUT2D eigenvalue weighted by molar-refractivity contribution is 7.47. The van der Waals surface area contributed by atoms with E-state index < -0.39 is 38.6 Å². The molecule has 0 spiro atoms. The van der Waals surface area contributed by atoms with Crippen LogP contribution >= 0.6 is 7.82 Å². The van der Waals surface area contributed by atoms with Gasteiger partial charge < -0.3 is 24.0 Å². The fraction of sp³-hybridized carbons (Fsp3) is 0.786. The number of unbranched alkanes of at least 4 members (excludes halogenated alkanes) is 13. The monoisotopic (exact) mass is 785 g/mol. The fourth-order valence-electron chi connectivity index (χ4n) is 6.00. The first kappa shape index (κ1) is 49.9. The normalized spacial score (nSPS) is 18.4. The number of rotatable bonds is 34. The minimum Gasteiger partial charge on any atom is -0.462 e. The second-order valence-electron chi connectivity index (χ2n) is 15.7. The number of ether oxygens (including phenoxy) is 2. The van der Waals surface area contributed by atoms with Gasteiger partial charge >= 0.3 is 19.8 Å². The van der Waals surface area contributed by atoms with Crippen LogP contribution in [-0.4, -0.2) is 91.9 Å². The van der Waals surface area contributed by atoms with Crippen molar-refractivity contribution in [3.8, 4) is 0 Å². The van der Waals surface area contributed by atoms with E-state index in [-0.39, 0.29) is 43.7 Å². The van der Waals surface area contributed by atoms with Crippen LogP contribution < -0.4 is 0 Å². The van der Waals surface area contributed by atoms with E-state index in [0.717, 1.165) is 38.5 Å². The number of likely N-dealkylation sites (N-methyl/N-ethyl adjacent to an activating group) is 1. The van der Waals surface area contributed by atoms with E-state index in [1.54, 1.807) is 12.2 Å². The number of hydrogen-bond acceptors (Lipinski definition) is 9. The number of ketones is 1. The number of hydrogen-bond donors (Lipinski definition) is 2. The van der Waals surface area contributed by atoms with E-state index in [1.807, 2.05) is 45.4 Å². The number of aliphatic hydroxyl groups excluding tert-OH is 1. The molecule has 1 rings (SSSR count). The van der Waals surface area contributed by atoms with Gasteiger partial charge in [0.25, 0.3) is 0 Å². The predicted octanol–water partition coefficient (Wildman–Crippen LogP) is 8.97. The number of nitrogens with zero attached hydrogens (tertiary/aromatic N) is 1. The summed E-state index contributed by atoms with van der Waals surface area (Å²) in [4.78, 5) is 47.8. The Morgan fingerprint density at radius 2 is 1.44 bits per heavy atom. The number of carbonyl (C=O) groups excluding carboxylic acids is 3. The lowest BCUT2D eigenvalue weighted by molar-refractivity contribution is -0.870. The van der Waals surface area contributed by atoms with E-state index in [0.29, 0.717) is 43.1 Å². The summed E-state index contributed by atoms with van der Waals surface area (Å²) in [5.41, 5.74) is 0. The minimum atomic E-state index is -4.43. The van der Waals surface area contributed by atoms with Crippen LogP contribution in [0.1, 0.15) is 142 Å². The predicted molar refractivity (Wildman–Crippen MR) is 215 cm³/mol. The summed E-state index contributed by atoms with van der Waals surface area (Å²) >= 11 is 0. The highest BCUT2D eigenvalue weighted by Gasteiger charge is 2.28. The van der Waals surface area contributed by atoms with Crippen LogP contribution in [0.5, 0.6) is 0 Å². The Hall–Kier alpha value is -2.14. The van der Waals surface area contributed by atoms with Crippen molar-refractivity contribution in [3.05, 3.63) is 36.5 Å². The van der Waals surface area contributed by atoms with Crippen LogP contribution in [0.25, 0.3) is 0 Å². The molecule has 1 unspecified atom stereocenters. The van der Waals surface area contributed by atoms with Gasteiger partial charge in [-0.15, -0.1) is 0 Å². The third-order valence-electron chi connectivity index (χ3n) is 9.42. The Morgan fingerprint density at radius 1 is 0.833 bits per heavy atom. The van der Waals surface area contributed by atoms with Crippen molar-refractivity contribution in [2.45, 2.75) is 154 Å². The molecule has 0 amide bonds. The van der Waals surface area contributed by atoms with Crippen molar-refractivity contribution >= 4 is 25.5 Å². The van der Waals surface area contributed by atoms with Gasteiger partial charge in [0.1, 0.15) is 19.8 Å². The minimum absolute atomic E-state index is 0.00383. The van der Waals surface area contributed by atoms with Crippen molar-refractivity contribution in [2.75, 3.05) is 47.5 Å². The molecule has 0 bridgehead atoms. The van der Waals surface area contributed by atoms with Crippen LogP contribution in [0.15, 0.2) is 36.5 Å². The van der Waals surface area contributed by atoms with Gasteiger partial charge in [0, 0.05) is 18.8 Å². The second-order valence-corrected chi connectivity index (χ2v) is 17.1. The molecule has 1 aliphatic carbocycles. The lowest BCUT2D eigenvalue weighted by Crippen LogP contribution is -2.37. The summed E-state index contributed by atoms with van der Waals surface area (Å²) in [5, 5.41) is 10.2. The number of esters is 2. The van der Waals surface area contributed by atoms with Gasteiger partial charge in [-0.2, -0.15) is 0 Å². The molecule has 5 atom stereocenters. The van der Waals surface area contributed by atoms with Gasteiger partial charge in [-0.25, -0.2) is 4.57 Å². The van der Waals surface area contributed by atoms with Gasteiger partial charge in [-0.3, -0.25) is 23.4 Å². The molecule has 0 aromatic heterocycles. The topological polar surface area (TPSA) is 146 Å². The van der Waals surface area contributed by atoms with Gasteiger partial charge in [0.2, 0.25) is 0 Å². The van der Waals surface area contributed by atoms with Crippen LogP contribution in [-0.2, 0) is 37.5 Å². The molecule has 0 heterocycles. The lowest BCUT2D eigenvalue weighted by atomic mass is 9.90. The average molecular weight is 785 g/mol. The molecule has 54 heavy (non-hydrogen) atoms. The molecule has 0 aromatic carbocycles. The standard InChI is InChI=1S/C42H74NO10P/c1-6-8-10-11-12-13-14-15-16-17-22-26-41(46)50-34-38(35-52-54(48,49)51-33-32-43(3,4)5)53-42(47)27-23-19-18-21-24-36-28-31-40(45)39(36)30-29-37(44)25-20-9-7-2/h18,21,28-31,36-39,44H,6-17,19-20,22-27,32-35H2,1-5H3/p+1/b21-18-,30-29+/t36-,37-,38+,39+/m0/s1. The molecule has 0 saturated heterocycles. The Morgan fingerprint density at radius 3 is 2.09 bits per heavy atom. The number of phosphoric ester groups is 1. The Bertz CT molecular complexity index is 1160. The maximum absolute atomic E-state index is 12.7. The summed E-state index contributed by atoms with van der Waals surface area (Å²) in [6.07, 6.45) is 28.2. The van der Waals surface area contributed by atoms with Gasteiger partial charge in [0.15, 0.2) is 11.9 Å². The van der Waals surface area contributed by atoms with Gasteiger partial charge in [0.05, 0.1) is 33.9 Å². The van der Waals surface area contributed by atoms with Crippen LogP contribution in [0, 0.1) is 11.8 Å². The molecule has 0 fully saturated rings. The molecule has 312 valence electrons. The first-order chi connectivity index (χ1) is 25.8. The molecular weight excluding hydrogens is 709 g/mol. The lowest BCUT2D eigenvalue weighted by Gasteiger charge is -2.24. The highest BCUT2D eigenvalue weighted by atomic mass is 31.2. The van der Waals surface area contributed by atoms with Crippen molar-refractivity contribution in [2.24, 2.45) is 11.8 Å². The molecule has 12 heteroatoms. The van der Waals surface area contributed by atoms with Crippen LogP contribution in [0.3, 0.4) is 0 Å². The summed E-state index contributed by atoms with van der Waals surface area (Å²) in [6.45, 7) is 4.07. The zero-order valence-electron chi connectivity index (χ0n) is 34.3. The Balaban J connectivity index is 2.52. The molecule has 1 aliphatic rings. The van der Waals surface area contributed by atoms with E-state index in [9.17, 15) is 28.9 Å². The van der Waals surface area contributed by atoms with Crippen molar-refractivity contribution < 1.29 is 52.0 Å². The van der Waals surface area contributed by atoms with E-state index >= 15 is 0 Å². The third kappa shape index (κ3) is 27.4. The molecule has 0 aliphatic heterocycles. The maximum atomic E-state index is 12.7. The first-order valence-electron chi connectivity index (χ1n) is 20.8. The molecule has 0 radical (unpaired) electrons. The molecule has 0 saturated carbocycles. The Labute approximate surface area is 327 Å². The van der Waals surface area contributed by atoms with E-state index in [1.165, 1.54) is 44.9 Å². The average Bonchev–Trinajstić information content (AvgIpc) is 3.46. The molecular formula is C42H75NO10P+. The number of phosphoric acid groups is 1. The number of allylic oxidation sites excluding steroid dienone is 5. The maximum Gasteiger partial charge on any atom is 0.472 e.